The molecule has 2 aromatic rings. The minimum Gasteiger partial charge on any atom is -0.389 e. The Labute approximate surface area is 101 Å². The molecule has 0 radical (unpaired) electrons. The van der Waals surface area contributed by atoms with Crippen LogP contribution in [0.1, 0.15) is 11.8 Å². The van der Waals surface area contributed by atoms with Gasteiger partial charge >= 0.3 is 0 Å². The van der Waals surface area contributed by atoms with Gasteiger partial charge in [-0.1, -0.05) is 0 Å². The highest BCUT2D eigenvalue weighted by atomic mass is 16.6. The van der Waals surface area contributed by atoms with E-state index in [1.165, 1.54) is 18.2 Å². The molecule has 1 heterocycles. The van der Waals surface area contributed by atoms with Crippen molar-refractivity contribution in [3.63, 3.8) is 0 Å². The van der Waals surface area contributed by atoms with E-state index >= 15 is 0 Å². The van der Waals surface area contributed by atoms with Gasteiger partial charge in [0.1, 0.15) is 6.10 Å². The summed E-state index contributed by atoms with van der Waals surface area (Å²) < 4.78 is 0. The standard InChI is InChI=1S/C10H12N4O4/c11-4-8(15)10(16)9-6-2-1-5(14(17)18)3-7(6)12-13-9/h1-3,8,10,15-16H,4,11H2,(H,12,13). The lowest BCUT2D eigenvalue weighted by atomic mass is 10.1. The lowest BCUT2D eigenvalue weighted by molar-refractivity contribution is -0.384. The molecule has 5 N–H and O–H groups in total. The van der Waals surface area contributed by atoms with Gasteiger partial charge in [-0.15, -0.1) is 0 Å². The summed E-state index contributed by atoms with van der Waals surface area (Å²) in [5.74, 6) is 0. The minimum absolute atomic E-state index is 0.0885. The van der Waals surface area contributed by atoms with Crippen LogP contribution in [0.15, 0.2) is 18.2 Å². The monoisotopic (exact) mass is 252 g/mol. The molecular formula is C10H12N4O4. The predicted octanol–water partition coefficient (Wildman–Crippen LogP) is -0.176. The molecule has 0 fully saturated rings. The van der Waals surface area contributed by atoms with E-state index in [1.54, 1.807) is 0 Å². The maximum atomic E-state index is 10.6. The van der Waals surface area contributed by atoms with Crippen LogP contribution >= 0.6 is 0 Å². The van der Waals surface area contributed by atoms with Gasteiger partial charge in [0, 0.05) is 24.1 Å². The number of non-ortho nitro benzene ring substituents is 1. The number of hydrogen-bond acceptors (Lipinski definition) is 6. The quantitative estimate of drug-likeness (QED) is 0.440. The van der Waals surface area contributed by atoms with Crippen molar-refractivity contribution in [3.05, 3.63) is 34.0 Å². The third-order valence-corrected chi connectivity index (χ3v) is 2.68. The maximum Gasteiger partial charge on any atom is 0.271 e. The van der Waals surface area contributed by atoms with Gasteiger partial charge in [0.15, 0.2) is 0 Å². The van der Waals surface area contributed by atoms with Crippen molar-refractivity contribution in [1.82, 2.24) is 10.2 Å². The smallest absolute Gasteiger partial charge is 0.271 e. The molecule has 1 aromatic carbocycles. The van der Waals surface area contributed by atoms with Crippen LogP contribution in [-0.2, 0) is 0 Å². The Morgan fingerprint density at radius 1 is 1.50 bits per heavy atom. The fraction of sp³-hybridized carbons (Fsp3) is 0.300. The third-order valence-electron chi connectivity index (χ3n) is 2.68. The molecule has 18 heavy (non-hydrogen) atoms. The summed E-state index contributed by atoms with van der Waals surface area (Å²) in [6.07, 6.45) is -2.33. The van der Waals surface area contributed by atoms with Gasteiger partial charge in [0.25, 0.3) is 5.69 Å². The van der Waals surface area contributed by atoms with Crippen LogP contribution in [0.2, 0.25) is 0 Å². The second-order valence-corrected chi connectivity index (χ2v) is 3.84. The molecule has 0 spiro atoms. The van der Waals surface area contributed by atoms with E-state index < -0.39 is 17.1 Å². The molecule has 0 aliphatic carbocycles. The number of nitro groups is 1. The normalized spacial score (nSPS) is 14.6. The Bertz CT molecular complexity index is 582. The number of hydrogen-bond donors (Lipinski definition) is 4. The molecule has 0 bridgehead atoms. The van der Waals surface area contributed by atoms with Gasteiger partial charge in [-0.25, -0.2) is 0 Å². The summed E-state index contributed by atoms with van der Waals surface area (Å²) in [4.78, 5) is 10.1. The van der Waals surface area contributed by atoms with E-state index in [2.05, 4.69) is 10.2 Å². The van der Waals surface area contributed by atoms with Gasteiger partial charge in [-0.2, -0.15) is 5.10 Å². The van der Waals surface area contributed by atoms with E-state index in [4.69, 9.17) is 5.73 Å². The van der Waals surface area contributed by atoms with Gasteiger partial charge in [0.2, 0.25) is 0 Å². The molecule has 8 nitrogen and oxygen atoms in total. The predicted molar refractivity (Wildman–Crippen MR) is 62.8 cm³/mol. The number of aromatic nitrogens is 2. The zero-order chi connectivity index (χ0) is 13.3. The van der Waals surface area contributed by atoms with Crippen molar-refractivity contribution in [2.24, 2.45) is 5.73 Å². The first-order valence-electron chi connectivity index (χ1n) is 5.23. The van der Waals surface area contributed by atoms with E-state index in [-0.39, 0.29) is 17.9 Å². The highest BCUT2D eigenvalue weighted by Crippen LogP contribution is 2.26. The average Bonchev–Trinajstić information content (AvgIpc) is 2.79. The van der Waals surface area contributed by atoms with Crippen LogP contribution in [0.25, 0.3) is 10.9 Å². The fourth-order valence-electron chi connectivity index (χ4n) is 1.68. The summed E-state index contributed by atoms with van der Waals surface area (Å²) in [7, 11) is 0. The molecule has 0 aliphatic heterocycles. The highest BCUT2D eigenvalue weighted by Gasteiger charge is 2.22. The second kappa shape index (κ2) is 4.69. The lowest BCUT2D eigenvalue weighted by Crippen LogP contribution is -2.27. The number of benzene rings is 1. The zero-order valence-electron chi connectivity index (χ0n) is 9.28. The number of nitrogens with two attached hydrogens (primary N) is 1. The van der Waals surface area contributed by atoms with E-state index in [0.717, 1.165) is 0 Å². The van der Waals surface area contributed by atoms with Gasteiger partial charge in [-0.05, 0) is 6.07 Å². The number of fused-ring (bicyclic) bond motifs is 1. The minimum atomic E-state index is -1.21. The first kappa shape index (κ1) is 12.4. The number of nitrogens with zero attached hydrogens (tertiary/aromatic N) is 2. The molecule has 2 rings (SSSR count). The molecule has 2 unspecified atom stereocenters. The van der Waals surface area contributed by atoms with Crippen LogP contribution in [0.4, 0.5) is 5.69 Å². The summed E-state index contributed by atoms with van der Waals surface area (Å²) in [5.41, 5.74) is 5.80. The van der Waals surface area contributed by atoms with E-state index in [1.807, 2.05) is 0 Å². The summed E-state index contributed by atoms with van der Waals surface area (Å²) in [5, 5.41) is 36.8. The molecule has 0 saturated heterocycles. The molecular weight excluding hydrogens is 240 g/mol. The Balaban J connectivity index is 2.46. The Hall–Kier alpha value is -2.03. The average molecular weight is 252 g/mol. The first-order valence-corrected chi connectivity index (χ1v) is 5.23. The number of aliphatic hydroxyl groups is 2. The van der Waals surface area contributed by atoms with Crippen molar-refractivity contribution in [2.45, 2.75) is 12.2 Å². The molecule has 96 valence electrons. The third kappa shape index (κ3) is 2.04. The van der Waals surface area contributed by atoms with Crippen LogP contribution in [0.5, 0.6) is 0 Å². The maximum absolute atomic E-state index is 10.6. The number of rotatable bonds is 4. The largest absolute Gasteiger partial charge is 0.389 e. The summed E-state index contributed by atoms with van der Waals surface area (Å²) in [6.45, 7) is -0.103. The second-order valence-electron chi connectivity index (χ2n) is 3.84. The van der Waals surface area contributed by atoms with Crippen molar-refractivity contribution in [1.29, 1.82) is 0 Å². The molecule has 8 heteroatoms. The van der Waals surface area contributed by atoms with Crippen molar-refractivity contribution in [3.8, 4) is 0 Å². The van der Waals surface area contributed by atoms with E-state index in [9.17, 15) is 20.3 Å². The number of aliphatic hydroxyl groups excluding tert-OH is 2. The summed E-state index contributed by atoms with van der Waals surface area (Å²) in [6, 6.07) is 4.07. The highest BCUT2D eigenvalue weighted by molar-refractivity contribution is 5.83. The number of nitrogens with one attached hydrogen (secondary N) is 1. The lowest BCUT2D eigenvalue weighted by Gasteiger charge is -2.14. The molecule has 0 amide bonds. The fourth-order valence-corrected chi connectivity index (χ4v) is 1.68. The van der Waals surface area contributed by atoms with Crippen LogP contribution in [-0.4, -0.2) is 38.0 Å². The molecule has 1 aromatic heterocycles. The number of aromatic amines is 1. The van der Waals surface area contributed by atoms with Crippen molar-refractivity contribution < 1.29 is 15.1 Å². The van der Waals surface area contributed by atoms with Gasteiger partial charge < -0.3 is 15.9 Å². The van der Waals surface area contributed by atoms with Gasteiger partial charge in [0.05, 0.1) is 22.2 Å². The Morgan fingerprint density at radius 2 is 2.22 bits per heavy atom. The van der Waals surface area contributed by atoms with Crippen LogP contribution < -0.4 is 5.73 Å². The molecule has 0 aliphatic rings. The zero-order valence-corrected chi connectivity index (χ0v) is 9.28. The molecule has 2 atom stereocenters. The molecule has 0 saturated carbocycles. The van der Waals surface area contributed by atoms with Crippen molar-refractivity contribution in [2.75, 3.05) is 6.54 Å². The Kier molecular flexibility index (Phi) is 3.24. The first-order chi connectivity index (χ1) is 8.54. The van der Waals surface area contributed by atoms with Crippen molar-refractivity contribution >= 4 is 16.6 Å². The van der Waals surface area contributed by atoms with Crippen LogP contribution in [0.3, 0.4) is 0 Å². The summed E-state index contributed by atoms with van der Waals surface area (Å²) >= 11 is 0. The number of H-pyrrole nitrogens is 1. The number of nitro benzene ring substituents is 1. The topological polar surface area (TPSA) is 138 Å². The Morgan fingerprint density at radius 3 is 2.83 bits per heavy atom. The van der Waals surface area contributed by atoms with Gasteiger partial charge in [-0.3, -0.25) is 15.2 Å². The van der Waals surface area contributed by atoms with Crippen LogP contribution in [0, 0.1) is 10.1 Å². The van der Waals surface area contributed by atoms with E-state index in [0.29, 0.717) is 10.9 Å². The SMILES string of the molecule is NCC(O)C(O)c1[nH]nc2cc([N+](=O)[O-])ccc12.